The molecule has 0 atom stereocenters. The number of anilines is 1. The van der Waals surface area contributed by atoms with Crippen LogP contribution in [0.5, 0.6) is 5.75 Å². The Bertz CT molecular complexity index is 1320. The Balaban J connectivity index is 1.62. The maximum Gasteiger partial charge on any atom is 0.273 e. The fourth-order valence-electron chi connectivity index (χ4n) is 4.07. The Morgan fingerprint density at radius 3 is 2.50 bits per heavy atom. The fraction of sp³-hybridized carbons (Fsp3) is 0.231. The molecular formula is C26H27N3O4S. The first-order chi connectivity index (χ1) is 16.4. The third-order valence-electron chi connectivity index (χ3n) is 5.76. The SMILES string of the molecule is COc1ccc2c(c1)CCCC2=NNC(=O)c1ccccc1N(Cc1ccccc1)S(C)(=O)=O. The molecule has 0 radical (unpaired) electrons. The molecule has 0 saturated carbocycles. The van der Waals surface area contributed by atoms with Crippen LogP contribution >= 0.6 is 0 Å². The zero-order valence-corrected chi connectivity index (χ0v) is 20.0. The molecule has 1 N–H and O–H groups in total. The molecule has 3 aromatic rings. The van der Waals surface area contributed by atoms with Crippen LogP contribution in [0.1, 0.15) is 39.9 Å². The van der Waals surface area contributed by atoms with Gasteiger partial charge in [0.2, 0.25) is 10.0 Å². The molecule has 0 unspecified atom stereocenters. The van der Waals surface area contributed by atoms with Gasteiger partial charge in [0.15, 0.2) is 0 Å². The predicted molar refractivity (Wildman–Crippen MR) is 134 cm³/mol. The number of sulfonamides is 1. The van der Waals surface area contributed by atoms with Crippen molar-refractivity contribution < 1.29 is 17.9 Å². The molecule has 8 heteroatoms. The van der Waals surface area contributed by atoms with Crippen LogP contribution in [0.3, 0.4) is 0 Å². The van der Waals surface area contributed by atoms with Gasteiger partial charge in [-0.15, -0.1) is 0 Å². The monoisotopic (exact) mass is 477 g/mol. The average molecular weight is 478 g/mol. The quantitative estimate of drug-likeness (QED) is 0.518. The van der Waals surface area contributed by atoms with Crippen LogP contribution in [0.25, 0.3) is 0 Å². The Hall–Kier alpha value is -3.65. The fourth-order valence-corrected chi connectivity index (χ4v) is 4.97. The van der Waals surface area contributed by atoms with Gasteiger partial charge >= 0.3 is 0 Å². The summed E-state index contributed by atoms with van der Waals surface area (Å²) < 4.78 is 31.9. The Morgan fingerprint density at radius 2 is 1.76 bits per heavy atom. The van der Waals surface area contributed by atoms with Crippen LogP contribution in [0.15, 0.2) is 77.9 Å². The Labute approximate surface area is 200 Å². The van der Waals surface area contributed by atoms with E-state index in [-0.39, 0.29) is 12.1 Å². The lowest BCUT2D eigenvalue weighted by Gasteiger charge is -2.24. The van der Waals surface area contributed by atoms with E-state index in [1.807, 2.05) is 48.5 Å². The van der Waals surface area contributed by atoms with E-state index in [9.17, 15) is 13.2 Å². The molecule has 0 fully saturated rings. The maximum atomic E-state index is 13.1. The lowest BCUT2D eigenvalue weighted by atomic mass is 9.90. The predicted octanol–water partition coefficient (Wildman–Crippen LogP) is 4.13. The molecule has 0 heterocycles. The van der Waals surface area contributed by atoms with Gasteiger partial charge in [0.25, 0.3) is 5.91 Å². The summed E-state index contributed by atoms with van der Waals surface area (Å²) in [6.45, 7) is 0.119. The van der Waals surface area contributed by atoms with E-state index in [4.69, 9.17) is 4.74 Å². The van der Waals surface area contributed by atoms with Gasteiger partial charge in [-0.3, -0.25) is 9.10 Å². The van der Waals surface area contributed by atoms with Crippen molar-refractivity contribution >= 4 is 27.3 Å². The van der Waals surface area contributed by atoms with E-state index in [0.29, 0.717) is 5.69 Å². The van der Waals surface area contributed by atoms with Gasteiger partial charge in [0, 0.05) is 5.56 Å². The standard InChI is InChI=1S/C26H27N3O4S/c1-33-21-15-16-22-20(17-21)11-8-13-24(22)27-28-26(30)23-12-6-7-14-25(23)29(34(2,31)32)18-19-9-4-3-5-10-19/h3-7,9-10,12,14-17H,8,11,13,18H2,1-2H3,(H,28,30). The van der Waals surface area contributed by atoms with Crippen LogP contribution in [-0.4, -0.2) is 33.4 Å². The smallest absolute Gasteiger partial charge is 0.273 e. The molecular weight excluding hydrogens is 450 g/mol. The van der Waals surface area contributed by atoms with Crippen molar-refractivity contribution in [3.8, 4) is 5.75 Å². The van der Waals surface area contributed by atoms with E-state index < -0.39 is 15.9 Å². The molecule has 0 saturated heterocycles. The molecule has 0 aliphatic heterocycles. The summed E-state index contributed by atoms with van der Waals surface area (Å²) in [7, 11) is -2.01. The number of amides is 1. The minimum Gasteiger partial charge on any atom is -0.497 e. The summed E-state index contributed by atoms with van der Waals surface area (Å²) in [5, 5.41) is 4.41. The molecule has 1 aliphatic carbocycles. The van der Waals surface area contributed by atoms with Crippen molar-refractivity contribution in [2.45, 2.75) is 25.8 Å². The van der Waals surface area contributed by atoms with Gasteiger partial charge in [-0.2, -0.15) is 5.10 Å². The van der Waals surface area contributed by atoms with Crippen molar-refractivity contribution in [2.24, 2.45) is 5.10 Å². The summed E-state index contributed by atoms with van der Waals surface area (Å²) in [5.41, 5.74) is 6.91. The number of hydrogen-bond acceptors (Lipinski definition) is 5. The number of aryl methyl sites for hydroxylation is 1. The first-order valence-electron chi connectivity index (χ1n) is 11.0. The summed E-state index contributed by atoms with van der Waals surface area (Å²) >= 11 is 0. The third kappa shape index (κ3) is 5.28. The van der Waals surface area contributed by atoms with Gasteiger partial charge < -0.3 is 4.74 Å². The highest BCUT2D eigenvalue weighted by atomic mass is 32.2. The van der Waals surface area contributed by atoms with Gasteiger partial charge in [-0.05, 0) is 60.7 Å². The molecule has 0 aromatic heterocycles. The number of rotatable bonds is 7. The maximum absolute atomic E-state index is 13.1. The molecule has 1 amide bonds. The van der Waals surface area contributed by atoms with Gasteiger partial charge in [0.1, 0.15) is 5.75 Å². The molecule has 1 aliphatic rings. The van der Waals surface area contributed by atoms with Crippen LogP contribution in [0.4, 0.5) is 5.69 Å². The normalized spacial score (nSPS) is 14.4. The minimum atomic E-state index is -3.65. The number of hydrazone groups is 1. The first-order valence-corrected chi connectivity index (χ1v) is 12.9. The zero-order chi connectivity index (χ0) is 24.1. The lowest BCUT2D eigenvalue weighted by Crippen LogP contribution is -2.32. The molecule has 3 aromatic carbocycles. The van der Waals surface area contributed by atoms with Gasteiger partial charge in [0.05, 0.1) is 36.9 Å². The molecule has 0 bridgehead atoms. The summed E-state index contributed by atoms with van der Waals surface area (Å²) in [4.78, 5) is 13.1. The molecule has 0 spiro atoms. The second-order valence-electron chi connectivity index (χ2n) is 8.15. The molecule has 7 nitrogen and oxygen atoms in total. The van der Waals surface area contributed by atoms with Crippen molar-refractivity contribution in [1.82, 2.24) is 5.43 Å². The zero-order valence-electron chi connectivity index (χ0n) is 19.2. The number of nitrogens with one attached hydrogen (secondary N) is 1. The summed E-state index contributed by atoms with van der Waals surface area (Å²) in [6, 6.07) is 21.8. The number of fused-ring (bicyclic) bond motifs is 1. The third-order valence-corrected chi connectivity index (χ3v) is 6.89. The van der Waals surface area contributed by atoms with Crippen LogP contribution in [0.2, 0.25) is 0 Å². The number of para-hydroxylation sites is 1. The number of nitrogens with zero attached hydrogens (tertiary/aromatic N) is 2. The molecule has 176 valence electrons. The number of ether oxygens (including phenoxy) is 1. The summed E-state index contributed by atoms with van der Waals surface area (Å²) in [5.74, 6) is 0.322. The van der Waals surface area contributed by atoms with Crippen molar-refractivity contribution in [3.05, 3.63) is 95.1 Å². The van der Waals surface area contributed by atoms with E-state index in [2.05, 4.69) is 10.5 Å². The number of methoxy groups -OCH3 is 1. The van der Waals surface area contributed by atoms with Gasteiger partial charge in [-0.25, -0.2) is 13.8 Å². The van der Waals surface area contributed by atoms with Crippen LogP contribution in [-0.2, 0) is 23.0 Å². The minimum absolute atomic E-state index is 0.119. The number of carbonyl (C=O) groups is 1. The number of hydrogen-bond donors (Lipinski definition) is 1. The second kappa shape index (κ2) is 10.1. The van der Waals surface area contributed by atoms with Crippen LogP contribution in [0, 0.1) is 0 Å². The number of carbonyl (C=O) groups excluding carboxylic acids is 1. The topological polar surface area (TPSA) is 88.1 Å². The van der Waals surface area contributed by atoms with Gasteiger partial charge in [-0.1, -0.05) is 42.5 Å². The first kappa shape index (κ1) is 23.5. The number of benzene rings is 3. The Morgan fingerprint density at radius 1 is 1.03 bits per heavy atom. The Kier molecular flexibility index (Phi) is 6.98. The summed E-state index contributed by atoms with van der Waals surface area (Å²) in [6.07, 6.45) is 3.72. The average Bonchev–Trinajstić information content (AvgIpc) is 2.85. The van der Waals surface area contributed by atoms with E-state index in [1.54, 1.807) is 31.4 Å². The highest BCUT2D eigenvalue weighted by molar-refractivity contribution is 7.92. The van der Waals surface area contributed by atoms with E-state index in [0.717, 1.165) is 53.7 Å². The van der Waals surface area contributed by atoms with E-state index >= 15 is 0 Å². The van der Waals surface area contributed by atoms with Crippen LogP contribution < -0.4 is 14.5 Å². The largest absolute Gasteiger partial charge is 0.497 e. The van der Waals surface area contributed by atoms with Crippen molar-refractivity contribution in [1.29, 1.82) is 0 Å². The van der Waals surface area contributed by atoms with E-state index in [1.165, 1.54) is 4.31 Å². The molecule has 34 heavy (non-hydrogen) atoms. The highest BCUT2D eigenvalue weighted by Crippen LogP contribution is 2.27. The molecule has 4 rings (SSSR count). The van der Waals surface area contributed by atoms with Crippen molar-refractivity contribution in [3.63, 3.8) is 0 Å². The highest BCUT2D eigenvalue weighted by Gasteiger charge is 2.24. The van der Waals surface area contributed by atoms with Crippen molar-refractivity contribution in [2.75, 3.05) is 17.7 Å². The lowest BCUT2D eigenvalue weighted by molar-refractivity contribution is 0.0955. The second-order valence-corrected chi connectivity index (χ2v) is 10.1.